The van der Waals surface area contributed by atoms with Gasteiger partial charge in [0.1, 0.15) is 0 Å². The van der Waals surface area contributed by atoms with Crippen LogP contribution in [0.1, 0.15) is 57.8 Å². The first kappa shape index (κ1) is 16.2. The highest BCUT2D eigenvalue weighted by Gasteiger charge is 1.89. The lowest BCUT2D eigenvalue weighted by Gasteiger charge is -1.98. The normalized spacial score (nSPS) is 11.6. The van der Waals surface area contributed by atoms with Gasteiger partial charge in [-0.25, -0.2) is 0 Å². The minimum atomic E-state index is 0.349. The van der Waals surface area contributed by atoms with Gasteiger partial charge in [0.05, 0.1) is 0 Å². The number of hydrogen-bond acceptors (Lipinski definition) is 1. The summed E-state index contributed by atoms with van der Waals surface area (Å²) in [7, 11) is 0. The molecule has 0 saturated heterocycles. The Bertz CT molecular complexity index is 204. The summed E-state index contributed by atoms with van der Waals surface area (Å²) in [6.07, 6.45) is 21.4. The van der Waals surface area contributed by atoms with E-state index in [1.54, 1.807) is 0 Å². The molecular formula is C16H28O. The summed E-state index contributed by atoms with van der Waals surface area (Å²) in [5, 5.41) is 8.62. The molecule has 0 aromatic carbocycles. The Labute approximate surface area is 107 Å². The molecule has 0 aliphatic rings. The second-order valence-corrected chi connectivity index (χ2v) is 4.34. The first-order chi connectivity index (χ1) is 8.41. The van der Waals surface area contributed by atoms with E-state index in [2.05, 4.69) is 30.9 Å². The van der Waals surface area contributed by atoms with Crippen molar-refractivity contribution in [2.45, 2.75) is 57.8 Å². The summed E-state index contributed by atoms with van der Waals surface area (Å²) in [5.41, 5.74) is 0. The van der Waals surface area contributed by atoms with Gasteiger partial charge in [-0.15, -0.1) is 6.58 Å². The Hall–Kier alpha value is -0.820. The predicted octanol–water partition coefficient (Wildman–Crippen LogP) is 4.79. The SMILES string of the molecule is C=CCC=CCC=CCCCCCCCCO. The van der Waals surface area contributed by atoms with Crippen LogP contribution in [0.3, 0.4) is 0 Å². The number of hydrogen-bond donors (Lipinski definition) is 1. The van der Waals surface area contributed by atoms with Crippen LogP contribution >= 0.6 is 0 Å². The Morgan fingerprint density at radius 2 is 1.29 bits per heavy atom. The Kier molecular flexibility index (Phi) is 14.4. The first-order valence-corrected chi connectivity index (χ1v) is 6.93. The maximum Gasteiger partial charge on any atom is 0.0431 e. The van der Waals surface area contributed by atoms with Crippen molar-refractivity contribution in [1.29, 1.82) is 0 Å². The lowest BCUT2D eigenvalue weighted by Crippen LogP contribution is -1.83. The molecule has 0 radical (unpaired) electrons. The van der Waals surface area contributed by atoms with Crippen LogP contribution in [0.25, 0.3) is 0 Å². The van der Waals surface area contributed by atoms with Crippen LogP contribution in [0, 0.1) is 0 Å². The van der Waals surface area contributed by atoms with Crippen LogP contribution in [0.15, 0.2) is 37.0 Å². The van der Waals surface area contributed by atoms with Crippen LogP contribution in [0.5, 0.6) is 0 Å². The number of unbranched alkanes of at least 4 members (excludes halogenated alkanes) is 6. The number of aliphatic hydroxyl groups excluding tert-OH is 1. The predicted molar refractivity (Wildman–Crippen MR) is 77.1 cm³/mol. The van der Waals surface area contributed by atoms with Gasteiger partial charge in [-0.05, 0) is 32.1 Å². The Balaban J connectivity index is 3.11. The van der Waals surface area contributed by atoms with Gasteiger partial charge in [-0.1, -0.05) is 56.1 Å². The second-order valence-electron chi connectivity index (χ2n) is 4.34. The second kappa shape index (κ2) is 15.2. The van der Waals surface area contributed by atoms with Gasteiger partial charge in [0, 0.05) is 6.61 Å². The Morgan fingerprint density at radius 1 is 0.706 bits per heavy atom. The summed E-state index contributed by atoms with van der Waals surface area (Å²) in [5.74, 6) is 0. The van der Waals surface area contributed by atoms with Crippen LogP contribution < -0.4 is 0 Å². The van der Waals surface area contributed by atoms with E-state index in [1.807, 2.05) is 6.08 Å². The molecule has 0 spiro atoms. The van der Waals surface area contributed by atoms with E-state index in [4.69, 9.17) is 5.11 Å². The smallest absolute Gasteiger partial charge is 0.0431 e. The van der Waals surface area contributed by atoms with Gasteiger partial charge in [0.25, 0.3) is 0 Å². The van der Waals surface area contributed by atoms with Crippen molar-refractivity contribution >= 4 is 0 Å². The third-order valence-electron chi connectivity index (χ3n) is 2.69. The van der Waals surface area contributed by atoms with E-state index in [9.17, 15) is 0 Å². The van der Waals surface area contributed by atoms with Gasteiger partial charge in [0.2, 0.25) is 0 Å². The number of aliphatic hydroxyl groups is 1. The number of rotatable bonds is 12. The quantitative estimate of drug-likeness (QED) is 0.381. The summed E-state index contributed by atoms with van der Waals surface area (Å²) in [6.45, 7) is 4.02. The maximum atomic E-state index is 8.62. The third-order valence-corrected chi connectivity index (χ3v) is 2.69. The summed E-state index contributed by atoms with van der Waals surface area (Å²) in [4.78, 5) is 0. The Morgan fingerprint density at radius 3 is 2.00 bits per heavy atom. The molecule has 0 atom stereocenters. The average molecular weight is 236 g/mol. The molecule has 0 aromatic rings. The zero-order valence-electron chi connectivity index (χ0n) is 11.1. The third kappa shape index (κ3) is 15.2. The molecular weight excluding hydrogens is 208 g/mol. The standard InChI is InChI=1S/C16H28O/c1-2-3-4-5-6-7-8-9-10-11-12-13-14-15-16-17/h2,4-5,7-8,17H,1,3,6,9-16H2. The molecule has 0 saturated carbocycles. The van der Waals surface area contributed by atoms with Crippen molar-refractivity contribution in [3.63, 3.8) is 0 Å². The lowest BCUT2D eigenvalue weighted by molar-refractivity contribution is 0.282. The van der Waals surface area contributed by atoms with E-state index in [-0.39, 0.29) is 0 Å². The molecule has 0 aromatic heterocycles. The average Bonchev–Trinajstić information content (AvgIpc) is 2.35. The maximum absolute atomic E-state index is 8.62. The van der Waals surface area contributed by atoms with E-state index in [1.165, 1.54) is 38.5 Å². The van der Waals surface area contributed by atoms with E-state index in [0.717, 1.165) is 19.3 Å². The molecule has 0 fully saturated rings. The van der Waals surface area contributed by atoms with E-state index in [0.29, 0.717) is 6.61 Å². The highest BCUT2D eigenvalue weighted by Crippen LogP contribution is 2.07. The largest absolute Gasteiger partial charge is 0.396 e. The van der Waals surface area contributed by atoms with Gasteiger partial charge < -0.3 is 5.11 Å². The van der Waals surface area contributed by atoms with Gasteiger partial charge in [-0.3, -0.25) is 0 Å². The molecule has 1 nitrogen and oxygen atoms in total. The van der Waals surface area contributed by atoms with Crippen molar-refractivity contribution in [3.05, 3.63) is 37.0 Å². The molecule has 0 rings (SSSR count). The van der Waals surface area contributed by atoms with Crippen LogP contribution in [-0.4, -0.2) is 11.7 Å². The molecule has 0 aliphatic heterocycles. The highest BCUT2D eigenvalue weighted by molar-refractivity contribution is 4.95. The summed E-state index contributed by atoms with van der Waals surface area (Å²) >= 11 is 0. The molecule has 0 heterocycles. The van der Waals surface area contributed by atoms with Crippen LogP contribution in [-0.2, 0) is 0 Å². The molecule has 0 unspecified atom stereocenters. The van der Waals surface area contributed by atoms with E-state index >= 15 is 0 Å². The fourth-order valence-corrected chi connectivity index (χ4v) is 1.66. The van der Waals surface area contributed by atoms with Crippen molar-refractivity contribution in [1.82, 2.24) is 0 Å². The van der Waals surface area contributed by atoms with Gasteiger partial charge in [0.15, 0.2) is 0 Å². The van der Waals surface area contributed by atoms with E-state index < -0.39 is 0 Å². The zero-order chi connectivity index (χ0) is 12.6. The zero-order valence-corrected chi connectivity index (χ0v) is 11.1. The minimum Gasteiger partial charge on any atom is -0.396 e. The number of allylic oxidation sites excluding steroid dienone is 5. The van der Waals surface area contributed by atoms with Crippen LogP contribution in [0.2, 0.25) is 0 Å². The molecule has 0 amide bonds. The molecule has 17 heavy (non-hydrogen) atoms. The monoisotopic (exact) mass is 236 g/mol. The van der Waals surface area contributed by atoms with Gasteiger partial charge in [-0.2, -0.15) is 0 Å². The van der Waals surface area contributed by atoms with Crippen molar-refractivity contribution < 1.29 is 5.11 Å². The fraction of sp³-hybridized carbons (Fsp3) is 0.625. The lowest BCUT2D eigenvalue weighted by atomic mass is 10.1. The first-order valence-electron chi connectivity index (χ1n) is 6.93. The van der Waals surface area contributed by atoms with Gasteiger partial charge >= 0.3 is 0 Å². The van der Waals surface area contributed by atoms with Crippen molar-refractivity contribution in [3.8, 4) is 0 Å². The topological polar surface area (TPSA) is 20.2 Å². The summed E-state index contributed by atoms with van der Waals surface area (Å²) < 4.78 is 0. The van der Waals surface area contributed by atoms with Crippen LogP contribution in [0.4, 0.5) is 0 Å². The molecule has 1 heteroatoms. The highest BCUT2D eigenvalue weighted by atomic mass is 16.2. The summed E-state index contributed by atoms with van der Waals surface area (Å²) in [6, 6.07) is 0. The fourth-order valence-electron chi connectivity index (χ4n) is 1.66. The minimum absolute atomic E-state index is 0.349. The molecule has 98 valence electrons. The van der Waals surface area contributed by atoms with Crippen molar-refractivity contribution in [2.75, 3.05) is 6.61 Å². The molecule has 1 N–H and O–H groups in total. The molecule has 0 bridgehead atoms. The van der Waals surface area contributed by atoms with Crippen molar-refractivity contribution in [2.24, 2.45) is 0 Å². The molecule has 0 aliphatic carbocycles.